The summed E-state index contributed by atoms with van der Waals surface area (Å²) in [6.45, 7) is 3.19. The van der Waals surface area contributed by atoms with E-state index >= 15 is 0 Å². The molecule has 1 fully saturated rings. The van der Waals surface area contributed by atoms with E-state index in [1.165, 1.54) is 12.1 Å². The van der Waals surface area contributed by atoms with Crippen molar-refractivity contribution < 1.29 is 39.4 Å². The van der Waals surface area contributed by atoms with Gasteiger partial charge in [-0.3, -0.25) is 0 Å². The maximum absolute atomic E-state index is 12.3. The number of ether oxygens (including phenoxy) is 2. The van der Waals surface area contributed by atoms with Gasteiger partial charge in [0, 0.05) is 17.0 Å². The molecule has 1 aromatic heterocycles. The van der Waals surface area contributed by atoms with Gasteiger partial charge in [0.25, 0.3) is 0 Å². The van der Waals surface area contributed by atoms with E-state index < -0.39 is 42.9 Å². The van der Waals surface area contributed by atoms with Crippen molar-refractivity contribution in [1.82, 2.24) is 0 Å². The topological polar surface area (TPSA) is 150 Å². The van der Waals surface area contributed by atoms with E-state index in [0.717, 1.165) is 12.8 Å². The lowest BCUT2D eigenvalue weighted by Crippen LogP contribution is -2.60. The molecule has 0 spiro atoms. The second-order valence-corrected chi connectivity index (χ2v) is 7.23. The lowest BCUT2D eigenvalue weighted by Gasteiger charge is -2.39. The zero-order chi connectivity index (χ0) is 21.3. The van der Waals surface area contributed by atoms with E-state index in [0.29, 0.717) is 22.9 Å². The molecular weight excluding hydrogens is 384 g/mol. The number of hydrogen-bond acceptors (Lipinski definition) is 9. The minimum Gasteiger partial charge on any atom is -0.504 e. The van der Waals surface area contributed by atoms with Gasteiger partial charge in [-0.2, -0.15) is 0 Å². The van der Waals surface area contributed by atoms with Gasteiger partial charge in [-0.05, 0) is 31.4 Å². The number of aliphatic hydroxyl groups is 4. The maximum Gasteiger partial charge on any atom is 0.339 e. The monoisotopic (exact) mass is 410 g/mol. The van der Waals surface area contributed by atoms with Crippen LogP contribution in [0.5, 0.6) is 11.5 Å². The number of fused-ring (bicyclic) bond motifs is 1. The highest BCUT2D eigenvalue weighted by Gasteiger charge is 2.45. The van der Waals surface area contributed by atoms with Crippen LogP contribution in [-0.2, 0) is 11.2 Å². The summed E-state index contributed by atoms with van der Waals surface area (Å²) in [5, 5.41) is 50.0. The van der Waals surface area contributed by atoms with Crippen molar-refractivity contribution in [2.45, 2.75) is 63.8 Å². The summed E-state index contributed by atoms with van der Waals surface area (Å²) in [7, 11) is 0. The van der Waals surface area contributed by atoms with Gasteiger partial charge in [0.05, 0.1) is 6.61 Å². The first-order valence-electron chi connectivity index (χ1n) is 9.54. The van der Waals surface area contributed by atoms with Crippen LogP contribution in [0.3, 0.4) is 0 Å². The predicted molar refractivity (Wildman–Crippen MR) is 102 cm³/mol. The summed E-state index contributed by atoms with van der Waals surface area (Å²) in [5.41, 5.74) is 0.985. The Bertz CT molecular complexity index is 920. The van der Waals surface area contributed by atoms with Crippen LogP contribution < -0.4 is 10.4 Å². The highest BCUT2D eigenvalue weighted by Crippen LogP contribution is 2.35. The Labute approximate surface area is 166 Å². The molecule has 1 saturated heterocycles. The molecule has 0 amide bonds. The van der Waals surface area contributed by atoms with Crippen molar-refractivity contribution in [3.05, 3.63) is 33.7 Å². The third kappa shape index (κ3) is 4.10. The van der Waals surface area contributed by atoms with Crippen LogP contribution in [0.25, 0.3) is 11.0 Å². The maximum atomic E-state index is 12.3. The molecule has 0 saturated carbocycles. The fraction of sp³-hybridized carbons (Fsp3) is 0.550. The highest BCUT2D eigenvalue weighted by atomic mass is 16.7. The van der Waals surface area contributed by atoms with Crippen LogP contribution in [0, 0.1) is 6.92 Å². The van der Waals surface area contributed by atoms with Gasteiger partial charge >= 0.3 is 5.63 Å². The number of phenolic OH excluding ortho intramolecular Hbond substituents is 1. The normalized spacial score (nSPS) is 27.3. The molecule has 1 aliphatic heterocycles. The number of aliphatic hydroxyl groups excluding tert-OH is 4. The zero-order valence-electron chi connectivity index (χ0n) is 16.2. The lowest BCUT2D eigenvalue weighted by molar-refractivity contribution is -0.277. The molecule has 29 heavy (non-hydrogen) atoms. The molecule has 9 nitrogen and oxygen atoms in total. The summed E-state index contributed by atoms with van der Waals surface area (Å²) >= 11 is 0. The number of aromatic hydroxyl groups is 1. The Morgan fingerprint density at radius 3 is 2.52 bits per heavy atom. The van der Waals surface area contributed by atoms with Crippen LogP contribution >= 0.6 is 0 Å². The van der Waals surface area contributed by atoms with Crippen molar-refractivity contribution in [3.63, 3.8) is 0 Å². The van der Waals surface area contributed by atoms with Gasteiger partial charge in [-0.25, -0.2) is 4.79 Å². The summed E-state index contributed by atoms with van der Waals surface area (Å²) in [5.74, 6) is -0.432. The molecule has 9 heteroatoms. The number of phenols is 1. The molecule has 0 aliphatic carbocycles. The molecular formula is C20H26O9. The fourth-order valence-corrected chi connectivity index (χ4v) is 3.43. The van der Waals surface area contributed by atoms with E-state index in [4.69, 9.17) is 13.9 Å². The lowest BCUT2D eigenvalue weighted by atomic mass is 9.99. The average molecular weight is 410 g/mol. The number of rotatable bonds is 6. The van der Waals surface area contributed by atoms with Crippen LogP contribution in [0.4, 0.5) is 0 Å². The summed E-state index contributed by atoms with van der Waals surface area (Å²) in [4.78, 5) is 12.3. The Hall–Kier alpha value is -2.17. The zero-order valence-corrected chi connectivity index (χ0v) is 16.2. The van der Waals surface area contributed by atoms with Crippen LogP contribution in [0.1, 0.15) is 30.9 Å². The molecule has 1 aliphatic rings. The van der Waals surface area contributed by atoms with Gasteiger partial charge < -0.3 is 39.4 Å². The number of hydrogen-bond donors (Lipinski definition) is 5. The first-order chi connectivity index (χ1) is 13.8. The Kier molecular flexibility index (Phi) is 6.45. The standard InChI is InChI=1S/C20H26O9/c1-3-4-5-10-9(2)11-6-12(22)14(7-13(11)27-19(10)26)28-20-18(25)17(24)16(23)15(8-21)29-20/h6-7,15-18,20-25H,3-5,8H2,1-2H3/t15?,16-,17?,18?,20+/m0/s1. The predicted octanol–water partition coefficient (Wildman–Crippen LogP) is 0.328. The molecule has 2 aromatic rings. The molecule has 3 rings (SSSR count). The van der Waals surface area contributed by atoms with Crippen LogP contribution in [0.2, 0.25) is 0 Å². The minimum absolute atomic E-state index is 0.148. The number of aryl methyl sites for hydroxylation is 1. The Morgan fingerprint density at radius 1 is 1.14 bits per heavy atom. The largest absolute Gasteiger partial charge is 0.504 e. The minimum atomic E-state index is -1.63. The smallest absolute Gasteiger partial charge is 0.339 e. The third-order valence-corrected chi connectivity index (χ3v) is 5.24. The molecule has 5 N–H and O–H groups in total. The van der Waals surface area contributed by atoms with Gasteiger partial charge in [0.15, 0.2) is 11.5 Å². The number of benzene rings is 1. The molecule has 1 aromatic carbocycles. The summed E-state index contributed by atoms with van der Waals surface area (Å²) in [6.07, 6.45) is -5.06. The molecule has 5 atom stereocenters. The Morgan fingerprint density at radius 2 is 1.86 bits per heavy atom. The van der Waals surface area contributed by atoms with Crippen molar-refractivity contribution >= 4 is 11.0 Å². The van der Waals surface area contributed by atoms with Gasteiger partial charge in [-0.1, -0.05) is 13.3 Å². The second-order valence-electron chi connectivity index (χ2n) is 7.23. The van der Waals surface area contributed by atoms with Gasteiger partial charge in [0.1, 0.15) is 30.0 Å². The molecule has 0 bridgehead atoms. The van der Waals surface area contributed by atoms with Gasteiger partial charge in [-0.15, -0.1) is 0 Å². The highest BCUT2D eigenvalue weighted by molar-refractivity contribution is 5.84. The first-order valence-corrected chi connectivity index (χ1v) is 9.54. The average Bonchev–Trinajstić information content (AvgIpc) is 2.69. The molecule has 0 radical (unpaired) electrons. The van der Waals surface area contributed by atoms with Crippen molar-refractivity contribution in [1.29, 1.82) is 0 Å². The van der Waals surface area contributed by atoms with E-state index in [-0.39, 0.29) is 17.1 Å². The van der Waals surface area contributed by atoms with Crippen molar-refractivity contribution in [2.24, 2.45) is 0 Å². The third-order valence-electron chi connectivity index (χ3n) is 5.24. The SMILES string of the molecule is CCCCc1c(C)c2cc(O)c(O[C@@H]3OC(CO)[C@H](O)C(O)C3O)cc2oc1=O. The first kappa shape index (κ1) is 21.5. The number of unbranched alkanes of at least 4 members (excludes halogenated alkanes) is 1. The molecule has 160 valence electrons. The van der Waals surface area contributed by atoms with Crippen molar-refractivity contribution in [2.75, 3.05) is 6.61 Å². The molecule has 3 unspecified atom stereocenters. The Balaban J connectivity index is 1.94. The molecule has 2 heterocycles. The van der Waals surface area contributed by atoms with E-state index in [2.05, 4.69) is 0 Å². The summed E-state index contributed by atoms with van der Waals surface area (Å²) in [6, 6.07) is 2.69. The van der Waals surface area contributed by atoms with Crippen molar-refractivity contribution in [3.8, 4) is 11.5 Å². The summed E-state index contributed by atoms with van der Waals surface area (Å²) < 4.78 is 16.1. The fourth-order valence-electron chi connectivity index (χ4n) is 3.43. The quantitative estimate of drug-likeness (QED) is 0.425. The van der Waals surface area contributed by atoms with Crippen LogP contribution in [0.15, 0.2) is 21.3 Å². The van der Waals surface area contributed by atoms with E-state index in [9.17, 15) is 30.3 Å². The van der Waals surface area contributed by atoms with Crippen LogP contribution in [-0.4, -0.2) is 62.8 Å². The van der Waals surface area contributed by atoms with Gasteiger partial charge in [0.2, 0.25) is 6.29 Å². The second kappa shape index (κ2) is 8.68. The van der Waals surface area contributed by atoms with E-state index in [1.807, 2.05) is 6.92 Å². The van der Waals surface area contributed by atoms with E-state index in [1.54, 1.807) is 6.92 Å².